The summed E-state index contributed by atoms with van der Waals surface area (Å²) in [5, 5.41) is 10.9. The number of amides is 1. The molecule has 1 atom stereocenters. The number of benzene rings is 1. The molecule has 25 heavy (non-hydrogen) atoms. The van der Waals surface area contributed by atoms with Crippen molar-refractivity contribution in [3.63, 3.8) is 0 Å². The van der Waals surface area contributed by atoms with Crippen molar-refractivity contribution in [1.29, 1.82) is 0 Å². The Hall–Kier alpha value is -2.77. The van der Waals surface area contributed by atoms with Crippen LogP contribution in [0.5, 0.6) is 0 Å². The molecule has 0 saturated carbocycles. The second-order valence-corrected chi connectivity index (χ2v) is 6.36. The van der Waals surface area contributed by atoms with E-state index in [1.807, 2.05) is 0 Å². The minimum atomic E-state index is -0.792. The van der Waals surface area contributed by atoms with Gasteiger partial charge in [0.15, 0.2) is 6.10 Å². The molecule has 1 amide bonds. The van der Waals surface area contributed by atoms with Crippen molar-refractivity contribution in [2.24, 2.45) is 5.92 Å². The minimum Gasteiger partial charge on any atom is -0.449 e. The maximum absolute atomic E-state index is 12.4. The highest BCUT2D eigenvalue weighted by atomic mass is 16.5. The smallest absolute Gasteiger partial charge is 0.338 e. The minimum absolute atomic E-state index is 0.134. The second kappa shape index (κ2) is 7.42. The van der Waals surface area contributed by atoms with E-state index < -0.39 is 12.1 Å². The SMILES string of the molecule is CC1CCN(C(=O)[C@H](C)OC(=O)c2ccc(-n3cnnn3)cc2)CC1. The Kier molecular flexibility index (Phi) is 5.06. The van der Waals surface area contributed by atoms with Gasteiger partial charge in [-0.2, -0.15) is 0 Å². The number of piperidine rings is 1. The van der Waals surface area contributed by atoms with Crippen molar-refractivity contribution in [3.05, 3.63) is 36.2 Å². The molecule has 0 spiro atoms. The Balaban J connectivity index is 1.58. The largest absolute Gasteiger partial charge is 0.449 e. The number of nitrogens with zero attached hydrogens (tertiary/aromatic N) is 5. The lowest BCUT2D eigenvalue weighted by Crippen LogP contribution is -2.44. The van der Waals surface area contributed by atoms with Gasteiger partial charge in [0.2, 0.25) is 0 Å². The number of tetrazole rings is 1. The maximum Gasteiger partial charge on any atom is 0.338 e. The summed E-state index contributed by atoms with van der Waals surface area (Å²) in [6.45, 7) is 5.25. The van der Waals surface area contributed by atoms with Gasteiger partial charge in [0.1, 0.15) is 6.33 Å². The quantitative estimate of drug-likeness (QED) is 0.781. The number of hydrogen-bond donors (Lipinski definition) is 0. The normalized spacial score (nSPS) is 16.5. The predicted octanol–water partition coefficient (Wildman–Crippen LogP) is 1.47. The van der Waals surface area contributed by atoms with Crippen LogP contribution in [0.4, 0.5) is 0 Å². The maximum atomic E-state index is 12.4. The van der Waals surface area contributed by atoms with Gasteiger partial charge in [-0.15, -0.1) is 5.10 Å². The zero-order valence-corrected chi connectivity index (χ0v) is 14.3. The van der Waals surface area contributed by atoms with Gasteiger partial charge in [0.05, 0.1) is 11.3 Å². The van der Waals surface area contributed by atoms with Crippen molar-refractivity contribution in [2.75, 3.05) is 13.1 Å². The van der Waals surface area contributed by atoms with E-state index in [0.29, 0.717) is 11.5 Å². The fourth-order valence-electron chi connectivity index (χ4n) is 2.79. The third-order valence-corrected chi connectivity index (χ3v) is 4.44. The topological polar surface area (TPSA) is 90.2 Å². The van der Waals surface area contributed by atoms with Gasteiger partial charge >= 0.3 is 5.97 Å². The lowest BCUT2D eigenvalue weighted by Gasteiger charge is -2.31. The summed E-state index contributed by atoms with van der Waals surface area (Å²) in [5.41, 5.74) is 1.11. The summed E-state index contributed by atoms with van der Waals surface area (Å²) in [4.78, 5) is 26.4. The fraction of sp³-hybridized carbons (Fsp3) is 0.471. The van der Waals surface area contributed by atoms with E-state index in [9.17, 15) is 9.59 Å². The Bertz CT molecular complexity index is 721. The highest BCUT2D eigenvalue weighted by molar-refractivity contribution is 5.92. The molecule has 2 aromatic rings. The van der Waals surface area contributed by atoms with Crippen LogP contribution < -0.4 is 0 Å². The van der Waals surface area contributed by atoms with Gasteiger partial charge in [-0.05, 0) is 60.4 Å². The van der Waals surface area contributed by atoms with Crippen LogP contribution in [0.2, 0.25) is 0 Å². The van der Waals surface area contributed by atoms with Crippen LogP contribution in [-0.4, -0.2) is 56.2 Å². The van der Waals surface area contributed by atoms with Gasteiger partial charge in [0.25, 0.3) is 5.91 Å². The number of hydrogen-bond acceptors (Lipinski definition) is 6. The number of carbonyl (C=O) groups excluding carboxylic acids is 2. The second-order valence-electron chi connectivity index (χ2n) is 6.36. The molecule has 2 heterocycles. The Morgan fingerprint density at radius 1 is 1.20 bits per heavy atom. The molecule has 0 unspecified atom stereocenters. The molecular weight excluding hydrogens is 322 g/mol. The lowest BCUT2D eigenvalue weighted by molar-refractivity contribution is -0.141. The van der Waals surface area contributed by atoms with E-state index in [1.165, 1.54) is 11.0 Å². The van der Waals surface area contributed by atoms with E-state index in [-0.39, 0.29) is 5.91 Å². The standard InChI is InChI=1S/C17H21N5O3/c1-12-7-9-21(10-8-12)16(23)13(2)25-17(24)14-3-5-15(6-4-14)22-11-18-19-20-22/h3-6,11-13H,7-10H2,1-2H3/t13-/m0/s1. The Labute approximate surface area is 145 Å². The van der Waals surface area contributed by atoms with Gasteiger partial charge in [0, 0.05) is 13.1 Å². The highest BCUT2D eigenvalue weighted by Gasteiger charge is 2.27. The monoisotopic (exact) mass is 343 g/mol. The molecule has 8 heteroatoms. The van der Waals surface area contributed by atoms with Crippen molar-refractivity contribution < 1.29 is 14.3 Å². The summed E-state index contributed by atoms with van der Waals surface area (Å²) in [5.74, 6) is -0.0133. The van der Waals surface area contributed by atoms with E-state index in [0.717, 1.165) is 31.6 Å². The fourth-order valence-corrected chi connectivity index (χ4v) is 2.79. The summed E-state index contributed by atoms with van der Waals surface area (Å²) in [6, 6.07) is 6.68. The van der Waals surface area contributed by atoms with Crippen LogP contribution in [0.1, 0.15) is 37.0 Å². The highest BCUT2D eigenvalue weighted by Crippen LogP contribution is 2.17. The van der Waals surface area contributed by atoms with Crippen LogP contribution >= 0.6 is 0 Å². The molecule has 1 fully saturated rings. The summed E-state index contributed by atoms with van der Waals surface area (Å²) < 4.78 is 6.82. The molecule has 1 aromatic carbocycles. The third kappa shape index (κ3) is 4.01. The predicted molar refractivity (Wildman–Crippen MR) is 89.0 cm³/mol. The number of esters is 1. The van der Waals surface area contributed by atoms with Crippen LogP contribution in [0.3, 0.4) is 0 Å². The Morgan fingerprint density at radius 3 is 2.48 bits per heavy atom. The van der Waals surface area contributed by atoms with Gasteiger partial charge < -0.3 is 9.64 Å². The molecule has 132 valence electrons. The number of ether oxygens (including phenoxy) is 1. The van der Waals surface area contributed by atoms with E-state index in [2.05, 4.69) is 22.4 Å². The molecule has 3 rings (SSSR count). The molecular formula is C17H21N5O3. The number of aromatic nitrogens is 4. The molecule has 0 radical (unpaired) electrons. The van der Waals surface area contributed by atoms with Crippen LogP contribution in [0.25, 0.3) is 5.69 Å². The van der Waals surface area contributed by atoms with E-state index >= 15 is 0 Å². The van der Waals surface area contributed by atoms with Crippen LogP contribution in [0, 0.1) is 5.92 Å². The van der Waals surface area contributed by atoms with Crippen molar-refractivity contribution in [2.45, 2.75) is 32.8 Å². The average Bonchev–Trinajstić information content (AvgIpc) is 3.16. The van der Waals surface area contributed by atoms with Crippen LogP contribution in [-0.2, 0) is 9.53 Å². The lowest BCUT2D eigenvalue weighted by atomic mass is 9.99. The Morgan fingerprint density at radius 2 is 1.88 bits per heavy atom. The first-order chi connectivity index (χ1) is 12.0. The summed E-state index contributed by atoms with van der Waals surface area (Å²) in [6.07, 6.45) is 2.66. The first-order valence-corrected chi connectivity index (χ1v) is 8.38. The molecule has 0 N–H and O–H groups in total. The summed E-state index contributed by atoms with van der Waals surface area (Å²) >= 11 is 0. The molecule has 1 aromatic heterocycles. The van der Waals surface area contributed by atoms with Gasteiger partial charge in [-0.25, -0.2) is 9.48 Å². The number of likely N-dealkylation sites (tertiary alicyclic amines) is 1. The van der Waals surface area contributed by atoms with Crippen LogP contribution in [0.15, 0.2) is 30.6 Å². The van der Waals surface area contributed by atoms with Crippen molar-refractivity contribution in [3.8, 4) is 5.69 Å². The summed E-state index contributed by atoms with van der Waals surface area (Å²) in [7, 11) is 0. The molecule has 0 bridgehead atoms. The average molecular weight is 343 g/mol. The van der Waals surface area contributed by atoms with Crippen molar-refractivity contribution >= 4 is 11.9 Å². The van der Waals surface area contributed by atoms with E-state index in [4.69, 9.17) is 4.74 Å². The first-order valence-electron chi connectivity index (χ1n) is 8.38. The zero-order chi connectivity index (χ0) is 17.8. The van der Waals surface area contributed by atoms with Gasteiger partial charge in [-0.3, -0.25) is 4.79 Å². The molecule has 1 aliphatic rings. The number of carbonyl (C=O) groups is 2. The molecule has 0 aliphatic carbocycles. The van der Waals surface area contributed by atoms with Crippen molar-refractivity contribution in [1.82, 2.24) is 25.1 Å². The molecule has 1 saturated heterocycles. The molecule has 8 nitrogen and oxygen atoms in total. The number of rotatable bonds is 4. The third-order valence-electron chi connectivity index (χ3n) is 4.44. The van der Waals surface area contributed by atoms with E-state index in [1.54, 1.807) is 36.1 Å². The zero-order valence-electron chi connectivity index (χ0n) is 14.3. The van der Waals surface area contributed by atoms with Gasteiger partial charge in [-0.1, -0.05) is 6.92 Å². The molecule has 1 aliphatic heterocycles. The first kappa shape index (κ1) is 17.1.